The lowest BCUT2D eigenvalue weighted by atomic mass is 9.84. The van der Waals surface area contributed by atoms with Crippen LogP contribution in [0.4, 0.5) is 0 Å². The average molecular weight is 158 g/mol. The molecule has 1 fully saturated rings. The van der Waals surface area contributed by atoms with E-state index in [1.807, 2.05) is 13.8 Å². The maximum Gasteiger partial charge on any atom is 0.314 e. The molecule has 3 heteroatoms. The maximum absolute atomic E-state index is 11.2. The number of esters is 1. The molecule has 64 valence electrons. The van der Waals surface area contributed by atoms with Crippen LogP contribution in [0, 0.1) is 5.41 Å². The summed E-state index contributed by atoms with van der Waals surface area (Å²) in [6, 6.07) is 0. The van der Waals surface area contributed by atoms with Crippen LogP contribution in [0.25, 0.3) is 0 Å². The monoisotopic (exact) mass is 158 g/mol. The van der Waals surface area contributed by atoms with Gasteiger partial charge in [0.15, 0.2) is 0 Å². The van der Waals surface area contributed by atoms with Crippen LogP contribution < -0.4 is 0 Å². The Morgan fingerprint density at radius 1 is 1.55 bits per heavy atom. The van der Waals surface area contributed by atoms with Crippen molar-refractivity contribution in [3.8, 4) is 0 Å². The Kier molecular flexibility index (Phi) is 1.71. The Bertz CT molecular complexity index is 186. The number of carbonyl (C=O) groups is 1. The van der Waals surface area contributed by atoms with Crippen LogP contribution in [0.3, 0.4) is 0 Å². The molecular weight excluding hydrogens is 144 g/mol. The molecule has 0 bridgehead atoms. The zero-order valence-corrected chi connectivity index (χ0v) is 7.18. The molecule has 11 heavy (non-hydrogen) atoms. The molecule has 1 aliphatic heterocycles. The van der Waals surface area contributed by atoms with Gasteiger partial charge in [-0.15, -0.1) is 0 Å². The number of rotatable bonds is 1. The maximum atomic E-state index is 11.2. The summed E-state index contributed by atoms with van der Waals surface area (Å²) in [5.41, 5.74) is -1.09. The molecular formula is C8H14O3. The molecule has 3 nitrogen and oxygen atoms in total. The summed E-state index contributed by atoms with van der Waals surface area (Å²) in [6.07, 6.45) is 0.593. The van der Waals surface area contributed by atoms with Crippen LogP contribution in [0.1, 0.15) is 27.2 Å². The highest BCUT2D eigenvalue weighted by molar-refractivity contribution is 5.79. The van der Waals surface area contributed by atoms with Crippen molar-refractivity contribution in [3.63, 3.8) is 0 Å². The van der Waals surface area contributed by atoms with Gasteiger partial charge in [0, 0.05) is 6.42 Å². The van der Waals surface area contributed by atoms with Gasteiger partial charge >= 0.3 is 5.97 Å². The number of ether oxygens (including phenoxy) is 1. The van der Waals surface area contributed by atoms with Crippen molar-refractivity contribution in [1.29, 1.82) is 0 Å². The number of aliphatic hydroxyl groups is 1. The van der Waals surface area contributed by atoms with Crippen LogP contribution in [0.2, 0.25) is 0 Å². The molecule has 0 aliphatic carbocycles. The molecule has 1 saturated heterocycles. The first kappa shape index (κ1) is 8.53. The summed E-state index contributed by atoms with van der Waals surface area (Å²) in [5, 5.41) is 8.93. The van der Waals surface area contributed by atoms with Crippen molar-refractivity contribution < 1.29 is 14.6 Å². The van der Waals surface area contributed by atoms with Crippen LogP contribution in [0.15, 0.2) is 0 Å². The van der Waals surface area contributed by atoms with Crippen molar-refractivity contribution >= 4 is 5.97 Å². The fourth-order valence-corrected chi connectivity index (χ4v) is 1.54. The Balaban J connectivity index is 2.82. The highest BCUT2D eigenvalue weighted by Crippen LogP contribution is 2.39. The zero-order chi connectivity index (χ0) is 8.70. The second-order valence-corrected chi connectivity index (χ2v) is 4.04. The Hall–Kier alpha value is -0.570. The van der Waals surface area contributed by atoms with Crippen molar-refractivity contribution in [2.24, 2.45) is 5.41 Å². The molecule has 1 rings (SSSR count). The Morgan fingerprint density at radius 2 is 2.09 bits per heavy atom. The lowest BCUT2D eigenvalue weighted by Gasteiger charge is -2.17. The lowest BCUT2D eigenvalue weighted by molar-refractivity contribution is -0.152. The standard InChI is InChI=1S/C8H14O3/c1-7(2)4-8(3,5-9)6(10)11-7/h9H,4-5H2,1-3H3. The number of cyclic esters (lactones) is 1. The topological polar surface area (TPSA) is 46.5 Å². The summed E-state index contributed by atoms with van der Waals surface area (Å²) >= 11 is 0. The molecule has 0 aromatic heterocycles. The number of aliphatic hydroxyl groups excluding tert-OH is 1. The van der Waals surface area contributed by atoms with Crippen molar-refractivity contribution in [1.82, 2.24) is 0 Å². The Labute approximate surface area is 66.4 Å². The third kappa shape index (κ3) is 1.38. The largest absolute Gasteiger partial charge is 0.459 e. The van der Waals surface area contributed by atoms with Gasteiger partial charge in [-0.2, -0.15) is 0 Å². The first-order valence-electron chi connectivity index (χ1n) is 3.74. The van der Waals surface area contributed by atoms with Gasteiger partial charge in [0.05, 0.1) is 12.0 Å². The van der Waals surface area contributed by atoms with Gasteiger partial charge < -0.3 is 9.84 Å². The first-order chi connectivity index (χ1) is 4.90. The summed E-state index contributed by atoms with van der Waals surface area (Å²) in [7, 11) is 0. The quantitative estimate of drug-likeness (QED) is 0.572. The van der Waals surface area contributed by atoms with Gasteiger partial charge in [0.1, 0.15) is 5.60 Å². The predicted molar refractivity (Wildman–Crippen MR) is 40.0 cm³/mol. The number of hydrogen-bond donors (Lipinski definition) is 1. The van der Waals surface area contributed by atoms with E-state index < -0.39 is 11.0 Å². The van der Waals surface area contributed by atoms with E-state index in [0.29, 0.717) is 6.42 Å². The van der Waals surface area contributed by atoms with E-state index >= 15 is 0 Å². The van der Waals surface area contributed by atoms with E-state index in [4.69, 9.17) is 9.84 Å². The van der Waals surface area contributed by atoms with Gasteiger partial charge in [-0.1, -0.05) is 0 Å². The van der Waals surface area contributed by atoms with Crippen molar-refractivity contribution in [2.45, 2.75) is 32.8 Å². The summed E-state index contributed by atoms with van der Waals surface area (Å²) in [6.45, 7) is 5.30. The first-order valence-corrected chi connectivity index (χ1v) is 3.74. The van der Waals surface area contributed by atoms with E-state index in [1.165, 1.54) is 0 Å². The van der Waals surface area contributed by atoms with Gasteiger partial charge in [0.25, 0.3) is 0 Å². The van der Waals surface area contributed by atoms with Gasteiger partial charge in [-0.3, -0.25) is 4.79 Å². The third-order valence-electron chi connectivity index (χ3n) is 2.03. The SMILES string of the molecule is CC1(C)CC(C)(CO)C(=O)O1. The van der Waals surface area contributed by atoms with E-state index in [2.05, 4.69) is 0 Å². The molecule has 1 N–H and O–H groups in total. The minimum atomic E-state index is -0.677. The lowest BCUT2D eigenvalue weighted by Crippen LogP contribution is -2.26. The summed E-state index contributed by atoms with van der Waals surface area (Å²) in [4.78, 5) is 11.2. The summed E-state index contributed by atoms with van der Waals surface area (Å²) in [5.74, 6) is -0.287. The summed E-state index contributed by atoms with van der Waals surface area (Å²) < 4.78 is 5.06. The van der Waals surface area contributed by atoms with Crippen molar-refractivity contribution in [2.75, 3.05) is 6.61 Å². The van der Waals surface area contributed by atoms with Crippen LogP contribution in [-0.2, 0) is 9.53 Å². The number of carbonyl (C=O) groups excluding carboxylic acids is 1. The van der Waals surface area contributed by atoms with E-state index in [0.717, 1.165) is 0 Å². The fourth-order valence-electron chi connectivity index (χ4n) is 1.54. The minimum Gasteiger partial charge on any atom is -0.459 e. The second-order valence-electron chi connectivity index (χ2n) is 4.04. The van der Waals surface area contributed by atoms with Crippen molar-refractivity contribution in [3.05, 3.63) is 0 Å². The number of hydrogen-bond acceptors (Lipinski definition) is 3. The van der Waals surface area contributed by atoms with Crippen LogP contribution >= 0.6 is 0 Å². The third-order valence-corrected chi connectivity index (χ3v) is 2.03. The molecule has 0 amide bonds. The molecule has 0 aromatic rings. The smallest absolute Gasteiger partial charge is 0.314 e. The zero-order valence-electron chi connectivity index (χ0n) is 7.18. The van der Waals surface area contributed by atoms with Crippen LogP contribution in [-0.4, -0.2) is 23.3 Å². The van der Waals surface area contributed by atoms with Crippen LogP contribution in [0.5, 0.6) is 0 Å². The minimum absolute atomic E-state index is 0.130. The van der Waals surface area contributed by atoms with E-state index in [9.17, 15) is 4.79 Å². The van der Waals surface area contributed by atoms with Gasteiger partial charge in [-0.25, -0.2) is 0 Å². The molecule has 0 spiro atoms. The second kappa shape index (κ2) is 2.21. The normalized spacial score (nSPS) is 35.5. The van der Waals surface area contributed by atoms with Gasteiger partial charge in [0.2, 0.25) is 0 Å². The average Bonchev–Trinajstić information content (AvgIpc) is 2.03. The molecule has 0 radical (unpaired) electrons. The van der Waals surface area contributed by atoms with E-state index in [-0.39, 0.29) is 12.6 Å². The molecule has 1 atom stereocenters. The van der Waals surface area contributed by atoms with Gasteiger partial charge in [-0.05, 0) is 20.8 Å². The molecule has 1 unspecified atom stereocenters. The molecule has 0 aromatic carbocycles. The van der Waals surface area contributed by atoms with E-state index in [1.54, 1.807) is 6.92 Å². The fraction of sp³-hybridized carbons (Fsp3) is 0.875. The molecule has 1 heterocycles. The Morgan fingerprint density at radius 3 is 2.27 bits per heavy atom. The highest BCUT2D eigenvalue weighted by atomic mass is 16.6. The molecule has 1 aliphatic rings. The predicted octanol–water partition coefficient (Wildman–Crippen LogP) is 0.710. The highest BCUT2D eigenvalue weighted by Gasteiger charge is 2.48. The molecule has 0 saturated carbocycles.